The third-order valence-electron chi connectivity index (χ3n) is 4.90. The Balaban J connectivity index is 0.000000181. The maximum Gasteiger partial charge on any atom is 2.00 e. The van der Waals surface area contributed by atoms with Crippen LogP contribution in [0.15, 0.2) is 110 Å². The van der Waals surface area contributed by atoms with E-state index in [4.69, 9.17) is 10.2 Å². The van der Waals surface area contributed by atoms with E-state index in [1.54, 1.807) is 24.8 Å². The van der Waals surface area contributed by atoms with Crippen LogP contribution >= 0.6 is 0 Å². The van der Waals surface area contributed by atoms with Crippen molar-refractivity contribution in [2.75, 3.05) is 0 Å². The first-order valence-corrected chi connectivity index (χ1v) is 11.1. The van der Waals surface area contributed by atoms with Gasteiger partial charge in [-0.25, -0.2) is 9.97 Å². The van der Waals surface area contributed by atoms with E-state index in [1.165, 1.54) is 36.4 Å². The maximum atomic E-state index is 10.2. The van der Waals surface area contributed by atoms with E-state index in [1.807, 2.05) is 48.5 Å². The van der Waals surface area contributed by atoms with E-state index >= 15 is 0 Å². The Morgan fingerprint density at radius 3 is 1.21 bits per heavy atom. The number of carboxylic acids is 2. The van der Waals surface area contributed by atoms with Crippen molar-refractivity contribution < 1.29 is 47.1 Å². The quantitative estimate of drug-likeness (QED) is 0.228. The van der Waals surface area contributed by atoms with Gasteiger partial charge in [0.2, 0.25) is 0 Å². The first-order chi connectivity index (χ1) is 18.4. The number of benzene rings is 4. The van der Waals surface area contributed by atoms with Gasteiger partial charge in [-0.15, -0.1) is 0 Å². The number of aromatic nitrogens is 4. The van der Waals surface area contributed by atoms with Gasteiger partial charge >= 0.3 is 17.1 Å². The van der Waals surface area contributed by atoms with E-state index in [2.05, 4.69) is 19.9 Å². The van der Waals surface area contributed by atoms with Gasteiger partial charge < -0.3 is 40.0 Å². The predicted molar refractivity (Wildman–Crippen MR) is 137 cm³/mol. The number of phenols is 2. The first kappa shape index (κ1) is 30.1. The number of nitrogens with one attached hydrogen (secondary N) is 2. The number of hydrogen-bond acceptors (Lipinski definition) is 8. The Labute approximate surface area is 233 Å². The third kappa shape index (κ3) is 9.04. The molecule has 2 heterocycles. The zero-order valence-electron chi connectivity index (χ0n) is 20.1. The minimum absolute atomic E-state index is 0. The SMILES string of the molecule is O=C([O-])c1ccccc1O.O=C([O-])c1ccccc1O.[Cu+2].c1ccc2[nH]cnc2c1.c1ccc2[nH]cnc2c1. The van der Waals surface area contributed by atoms with Crippen molar-refractivity contribution in [2.45, 2.75) is 0 Å². The number of nitrogens with zero attached hydrogens (tertiary/aromatic N) is 2. The number of aromatic hydroxyl groups is 2. The minimum Gasteiger partial charge on any atom is -0.545 e. The summed E-state index contributed by atoms with van der Waals surface area (Å²) in [5, 5.41) is 38.0. The number of para-hydroxylation sites is 6. The number of rotatable bonds is 2. The standard InChI is InChI=1S/2C7H6N2.2C7H6O3.Cu/c2*1-2-4-7-6(3-1)8-5-9-7;2*8-6-4-2-1-3-5(6)7(9)10;/h2*1-5H,(H,8,9);2*1-4,8H,(H,9,10);/q;;;;+2/p-2. The van der Waals surface area contributed by atoms with Crippen LogP contribution in [-0.4, -0.2) is 42.1 Å². The smallest absolute Gasteiger partial charge is 0.545 e. The molecule has 6 rings (SSSR count). The van der Waals surface area contributed by atoms with Crippen LogP contribution in [0.3, 0.4) is 0 Å². The molecule has 0 fully saturated rings. The summed E-state index contributed by atoms with van der Waals surface area (Å²) in [5.74, 6) is -3.25. The molecule has 0 aliphatic heterocycles. The summed E-state index contributed by atoms with van der Waals surface area (Å²) in [6.45, 7) is 0. The average molecular weight is 574 g/mol. The van der Waals surface area contributed by atoms with Crippen molar-refractivity contribution in [3.63, 3.8) is 0 Å². The monoisotopic (exact) mass is 573 g/mol. The second kappa shape index (κ2) is 15.2. The Hall–Kier alpha value is -5.12. The molecule has 0 unspecified atom stereocenters. The third-order valence-corrected chi connectivity index (χ3v) is 4.90. The number of carbonyl (C=O) groups excluding carboxylic acids is 2. The normalized spacial score (nSPS) is 9.44. The van der Waals surface area contributed by atoms with Gasteiger partial charge in [0.05, 0.1) is 46.7 Å². The number of fused-ring (bicyclic) bond motifs is 2. The topological polar surface area (TPSA) is 178 Å². The summed E-state index contributed by atoms with van der Waals surface area (Å²) in [5.41, 5.74) is 3.88. The molecular weight excluding hydrogens is 552 g/mol. The van der Waals surface area contributed by atoms with Crippen LogP contribution < -0.4 is 10.2 Å². The van der Waals surface area contributed by atoms with E-state index in [-0.39, 0.29) is 39.7 Å². The molecule has 0 atom stereocenters. The number of aromatic amines is 2. The van der Waals surface area contributed by atoms with Crippen molar-refractivity contribution in [1.82, 2.24) is 19.9 Å². The van der Waals surface area contributed by atoms with Crippen LogP contribution in [0, 0.1) is 0 Å². The Bertz CT molecular complexity index is 1450. The number of imidazole rings is 2. The summed E-state index contributed by atoms with van der Waals surface area (Å²) >= 11 is 0. The molecule has 39 heavy (non-hydrogen) atoms. The fraction of sp³-hybridized carbons (Fsp3) is 0. The molecule has 10 nitrogen and oxygen atoms in total. The Morgan fingerprint density at radius 2 is 0.897 bits per heavy atom. The molecule has 4 aromatic carbocycles. The molecule has 11 heteroatoms. The van der Waals surface area contributed by atoms with Gasteiger partial charge in [0.1, 0.15) is 11.5 Å². The fourth-order valence-corrected chi connectivity index (χ4v) is 3.05. The van der Waals surface area contributed by atoms with Crippen LogP contribution in [0.25, 0.3) is 22.1 Å². The maximum absolute atomic E-state index is 10.2. The van der Waals surface area contributed by atoms with Gasteiger partial charge in [-0.05, 0) is 48.5 Å². The number of carboxylic acid groups (broad SMARTS) is 2. The van der Waals surface area contributed by atoms with Crippen LogP contribution in [0.4, 0.5) is 0 Å². The molecule has 0 saturated heterocycles. The summed E-state index contributed by atoms with van der Waals surface area (Å²) in [7, 11) is 0. The average Bonchev–Trinajstić information content (AvgIpc) is 3.60. The molecule has 4 N–H and O–H groups in total. The molecule has 0 spiro atoms. The van der Waals surface area contributed by atoms with Gasteiger partial charge in [0.15, 0.2) is 0 Å². The molecule has 0 aliphatic carbocycles. The summed E-state index contributed by atoms with van der Waals surface area (Å²) in [4.78, 5) is 34.4. The van der Waals surface area contributed by atoms with Gasteiger partial charge in [-0.1, -0.05) is 48.5 Å². The van der Waals surface area contributed by atoms with Gasteiger partial charge in [-0.2, -0.15) is 0 Å². The van der Waals surface area contributed by atoms with Crippen LogP contribution in [-0.2, 0) is 17.1 Å². The van der Waals surface area contributed by atoms with Crippen LogP contribution in [0.5, 0.6) is 11.5 Å². The van der Waals surface area contributed by atoms with Gasteiger partial charge in [0.25, 0.3) is 0 Å². The van der Waals surface area contributed by atoms with Crippen molar-refractivity contribution in [3.05, 3.63) is 121 Å². The summed E-state index contributed by atoms with van der Waals surface area (Å²) in [6.07, 6.45) is 3.40. The van der Waals surface area contributed by atoms with E-state index in [0.29, 0.717) is 0 Å². The number of hydrogen-bond donors (Lipinski definition) is 4. The second-order valence-corrected chi connectivity index (χ2v) is 7.45. The van der Waals surface area contributed by atoms with Crippen molar-refractivity contribution in [1.29, 1.82) is 0 Å². The molecule has 2 aromatic heterocycles. The molecule has 0 aliphatic rings. The Kier molecular flexibility index (Phi) is 11.7. The molecule has 0 bridgehead atoms. The fourth-order valence-electron chi connectivity index (χ4n) is 3.05. The Morgan fingerprint density at radius 1 is 0.564 bits per heavy atom. The minimum atomic E-state index is -1.36. The molecular formula is C28H22CuN4O6. The van der Waals surface area contributed by atoms with E-state index in [9.17, 15) is 19.8 Å². The summed E-state index contributed by atoms with van der Waals surface area (Å²) in [6, 6.07) is 27.2. The number of aromatic carboxylic acids is 2. The molecule has 6 aromatic rings. The molecule has 0 amide bonds. The van der Waals surface area contributed by atoms with Gasteiger partial charge in [-0.3, -0.25) is 0 Å². The van der Waals surface area contributed by atoms with Crippen molar-refractivity contribution in [2.24, 2.45) is 0 Å². The molecule has 0 saturated carbocycles. The van der Waals surface area contributed by atoms with E-state index < -0.39 is 11.9 Å². The number of H-pyrrole nitrogens is 2. The zero-order chi connectivity index (χ0) is 27.3. The largest absolute Gasteiger partial charge is 2.00 e. The molecule has 1 radical (unpaired) electrons. The number of carbonyl (C=O) groups is 2. The van der Waals surface area contributed by atoms with Gasteiger partial charge in [0, 0.05) is 11.1 Å². The van der Waals surface area contributed by atoms with E-state index in [0.717, 1.165) is 22.1 Å². The zero-order valence-corrected chi connectivity index (χ0v) is 21.1. The molecule has 201 valence electrons. The van der Waals surface area contributed by atoms with Crippen molar-refractivity contribution in [3.8, 4) is 11.5 Å². The predicted octanol–water partition coefficient (Wildman–Crippen LogP) is 2.63. The second-order valence-electron chi connectivity index (χ2n) is 7.45. The van der Waals surface area contributed by atoms with Crippen LogP contribution in [0.2, 0.25) is 0 Å². The van der Waals surface area contributed by atoms with Crippen LogP contribution in [0.1, 0.15) is 20.7 Å². The summed E-state index contributed by atoms with van der Waals surface area (Å²) < 4.78 is 0. The van der Waals surface area contributed by atoms with Crippen molar-refractivity contribution >= 4 is 34.0 Å². The first-order valence-electron chi connectivity index (χ1n) is 11.1.